The van der Waals surface area contributed by atoms with Gasteiger partial charge in [-0.15, -0.1) is 11.3 Å². The molecule has 1 rings (SSSR count). The molecule has 0 saturated heterocycles. The molecule has 0 radical (unpaired) electrons. The molecule has 0 aliphatic carbocycles. The maximum atomic E-state index is 12.3. The van der Waals surface area contributed by atoms with Crippen LogP contribution >= 0.6 is 11.3 Å². The van der Waals surface area contributed by atoms with Gasteiger partial charge in [0.05, 0.1) is 18.1 Å². The molecule has 1 aromatic heterocycles. The van der Waals surface area contributed by atoms with Crippen molar-refractivity contribution in [2.75, 3.05) is 13.7 Å². The molecule has 110 valence electrons. The molecule has 2 N–H and O–H groups in total. The number of thiophene rings is 1. The van der Waals surface area contributed by atoms with E-state index in [1.807, 2.05) is 6.92 Å². The van der Waals surface area contributed by atoms with Gasteiger partial charge in [0.1, 0.15) is 0 Å². The van der Waals surface area contributed by atoms with Gasteiger partial charge in [-0.2, -0.15) is 0 Å². The number of aliphatic hydroxyl groups excluding tert-OH is 1. The van der Waals surface area contributed by atoms with Gasteiger partial charge in [0.25, 0.3) is 0 Å². The van der Waals surface area contributed by atoms with Gasteiger partial charge in [-0.05, 0) is 19.4 Å². The number of methoxy groups -OCH3 is 1. The van der Waals surface area contributed by atoms with E-state index in [2.05, 4.69) is 4.72 Å². The van der Waals surface area contributed by atoms with Crippen molar-refractivity contribution in [2.24, 2.45) is 0 Å². The molecule has 0 aliphatic heterocycles. The number of hydrogen-bond acceptors (Lipinski definition) is 5. The summed E-state index contributed by atoms with van der Waals surface area (Å²) < 4.78 is 32.3. The number of rotatable bonds is 8. The van der Waals surface area contributed by atoms with Gasteiger partial charge in [0, 0.05) is 22.9 Å². The molecular formula is C12H21NO4S2. The molecule has 0 saturated carbocycles. The van der Waals surface area contributed by atoms with Crippen molar-refractivity contribution >= 4 is 21.4 Å². The molecule has 0 aromatic carbocycles. The molecule has 0 fully saturated rings. The Kier molecular flexibility index (Phi) is 6.41. The first-order valence-electron chi connectivity index (χ1n) is 6.16. The minimum atomic E-state index is -3.55. The van der Waals surface area contributed by atoms with E-state index in [0.29, 0.717) is 16.4 Å². The van der Waals surface area contributed by atoms with Crippen LogP contribution in [0.25, 0.3) is 0 Å². The number of nitrogens with one attached hydrogen (secondary N) is 1. The Hall–Kier alpha value is -0.470. The summed E-state index contributed by atoms with van der Waals surface area (Å²) >= 11 is 1.29. The Labute approximate surface area is 118 Å². The first kappa shape index (κ1) is 16.6. The van der Waals surface area contributed by atoms with E-state index in [-0.39, 0.29) is 17.5 Å². The maximum absolute atomic E-state index is 12.3. The Morgan fingerprint density at radius 2 is 2.21 bits per heavy atom. The van der Waals surface area contributed by atoms with Crippen molar-refractivity contribution in [3.05, 3.63) is 15.8 Å². The minimum Gasteiger partial charge on any atom is -0.391 e. The van der Waals surface area contributed by atoms with Gasteiger partial charge in [0.15, 0.2) is 0 Å². The summed E-state index contributed by atoms with van der Waals surface area (Å²) in [5, 5.41) is 9.07. The topological polar surface area (TPSA) is 75.6 Å². The zero-order valence-corrected chi connectivity index (χ0v) is 13.1. The molecule has 1 aromatic rings. The zero-order chi connectivity index (χ0) is 14.5. The smallest absolute Gasteiger partial charge is 0.242 e. The predicted octanol–water partition coefficient (Wildman–Crippen LogP) is 1.64. The SMILES string of the molecule is CCCC(COC)NS(=O)(=O)c1cc(CO)sc1C. The summed E-state index contributed by atoms with van der Waals surface area (Å²) in [4.78, 5) is 1.58. The van der Waals surface area contributed by atoms with Crippen molar-refractivity contribution in [3.63, 3.8) is 0 Å². The van der Waals surface area contributed by atoms with E-state index in [4.69, 9.17) is 9.84 Å². The van der Waals surface area contributed by atoms with Gasteiger partial charge in [-0.25, -0.2) is 13.1 Å². The fourth-order valence-electron chi connectivity index (χ4n) is 1.88. The largest absolute Gasteiger partial charge is 0.391 e. The number of aryl methyl sites for hydroxylation is 1. The molecule has 0 aliphatic rings. The zero-order valence-electron chi connectivity index (χ0n) is 11.5. The Morgan fingerprint density at radius 3 is 2.68 bits per heavy atom. The lowest BCUT2D eigenvalue weighted by atomic mass is 10.2. The summed E-state index contributed by atoms with van der Waals surface area (Å²) in [5.41, 5.74) is 0. The Bertz CT molecular complexity index is 490. The lowest BCUT2D eigenvalue weighted by Gasteiger charge is -2.17. The third kappa shape index (κ3) is 4.54. The minimum absolute atomic E-state index is 0.141. The monoisotopic (exact) mass is 307 g/mol. The maximum Gasteiger partial charge on any atom is 0.242 e. The highest BCUT2D eigenvalue weighted by molar-refractivity contribution is 7.89. The quantitative estimate of drug-likeness (QED) is 0.765. The van der Waals surface area contributed by atoms with Crippen LogP contribution in [-0.4, -0.2) is 33.3 Å². The van der Waals surface area contributed by atoms with E-state index >= 15 is 0 Å². The van der Waals surface area contributed by atoms with Crippen molar-refractivity contribution in [1.82, 2.24) is 4.72 Å². The fraction of sp³-hybridized carbons (Fsp3) is 0.667. The molecule has 19 heavy (non-hydrogen) atoms. The van der Waals surface area contributed by atoms with Crippen LogP contribution < -0.4 is 4.72 Å². The highest BCUT2D eigenvalue weighted by Gasteiger charge is 2.23. The molecule has 5 nitrogen and oxygen atoms in total. The standard InChI is InChI=1S/C12H21NO4S2/c1-4-5-10(8-17-3)13-19(15,16)12-6-11(7-14)18-9(12)2/h6,10,13-14H,4-5,7-8H2,1-3H3. The summed E-state index contributed by atoms with van der Waals surface area (Å²) in [6.45, 7) is 3.95. The summed E-state index contributed by atoms with van der Waals surface area (Å²) in [6, 6.07) is 1.30. The highest BCUT2D eigenvalue weighted by Crippen LogP contribution is 2.25. The van der Waals surface area contributed by atoms with Crippen molar-refractivity contribution in [3.8, 4) is 0 Å². The van der Waals surface area contributed by atoms with Crippen LogP contribution in [0.2, 0.25) is 0 Å². The summed E-state index contributed by atoms with van der Waals surface area (Å²) in [6.07, 6.45) is 1.60. The van der Waals surface area contributed by atoms with Crippen molar-refractivity contribution in [1.29, 1.82) is 0 Å². The van der Waals surface area contributed by atoms with Crippen LogP contribution in [0.1, 0.15) is 29.5 Å². The second-order valence-electron chi connectivity index (χ2n) is 4.35. The van der Waals surface area contributed by atoms with Gasteiger partial charge in [-0.1, -0.05) is 13.3 Å². The van der Waals surface area contributed by atoms with Crippen LogP contribution in [0, 0.1) is 6.92 Å². The van der Waals surface area contributed by atoms with Crippen LogP contribution in [0.3, 0.4) is 0 Å². The number of hydrogen-bond donors (Lipinski definition) is 2. The number of aliphatic hydroxyl groups is 1. The molecule has 0 spiro atoms. The molecule has 7 heteroatoms. The normalized spacial score (nSPS) is 13.7. The second-order valence-corrected chi connectivity index (χ2v) is 7.38. The number of ether oxygens (including phenoxy) is 1. The van der Waals surface area contributed by atoms with E-state index in [1.165, 1.54) is 17.4 Å². The Balaban J connectivity index is 2.92. The number of sulfonamides is 1. The third-order valence-corrected chi connectivity index (χ3v) is 5.51. The average molecular weight is 307 g/mol. The second kappa shape index (κ2) is 7.35. The van der Waals surface area contributed by atoms with E-state index in [0.717, 1.165) is 12.8 Å². The molecule has 1 unspecified atom stereocenters. The van der Waals surface area contributed by atoms with E-state index < -0.39 is 10.0 Å². The average Bonchev–Trinajstić information content (AvgIpc) is 2.71. The van der Waals surface area contributed by atoms with Crippen LogP contribution in [0.5, 0.6) is 0 Å². The molecule has 0 bridgehead atoms. The van der Waals surface area contributed by atoms with Crippen molar-refractivity contribution in [2.45, 2.75) is 44.2 Å². The summed E-state index contributed by atoms with van der Waals surface area (Å²) in [7, 11) is -2.00. The van der Waals surface area contributed by atoms with Crippen LogP contribution in [-0.2, 0) is 21.4 Å². The van der Waals surface area contributed by atoms with Gasteiger partial charge >= 0.3 is 0 Å². The summed E-state index contributed by atoms with van der Waals surface area (Å²) in [5.74, 6) is 0. The molecule has 1 atom stereocenters. The Morgan fingerprint density at radius 1 is 1.53 bits per heavy atom. The molecule has 0 amide bonds. The van der Waals surface area contributed by atoms with E-state index in [1.54, 1.807) is 14.0 Å². The van der Waals surface area contributed by atoms with Crippen molar-refractivity contribution < 1.29 is 18.3 Å². The first-order chi connectivity index (χ1) is 8.94. The third-order valence-electron chi connectivity index (χ3n) is 2.70. The first-order valence-corrected chi connectivity index (χ1v) is 8.46. The fourth-order valence-corrected chi connectivity index (χ4v) is 4.63. The lowest BCUT2D eigenvalue weighted by Crippen LogP contribution is -2.37. The van der Waals surface area contributed by atoms with Crippen LogP contribution in [0.15, 0.2) is 11.0 Å². The van der Waals surface area contributed by atoms with Gasteiger partial charge in [0.2, 0.25) is 10.0 Å². The molecular weight excluding hydrogens is 286 g/mol. The molecule has 1 heterocycles. The van der Waals surface area contributed by atoms with Crippen LogP contribution in [0.4, 0.5) is 0 Å². The predicted molar refractivity (Wildman–Crippen MR) is 75.9 cm³/mol. The van der Waals surface area contributed by atoms with Gasteiger partial charge < -0.3 is 9.84 Å². The van der Waals surface area contributed by atoms with Gasteiger partial charge in [-0.3, -0.25) is 0 Å². The van der Waals surface area contributed by atoms with E-state index in [9.17, 15) is 8.42 Å². The lowest BCUT2D eigenvalue weighted by molar-refractivity contribution is 0.171. The highest BCUT2D eigenvalue weighted by atomic mass is 32.2.